The summed E-state index contributed by atoms with van der Waals surface area (Å²) >= 11 is 1.57. The molecule has 0 aliphatic rings. The summed E-state index contributed by atoms with van der Waals surface area (Å²) < 4.78 is 0. The highest BCUT2D eigenvalue weighted by Crippen LogP contribution is 2.26. The number of nitrogens with two attached hydrogens (primary N) is 1. The molecule has 0 bridgehead atoms. The SMILES string of the molecule is N/C(=N/OC(=O)c1ccccc1SCc1ccccc1)c1ccccn1. The van der Waals surface area contributed by atoms with Gasteiger partial charge in [-0.15, -0.1) is 11.8 Å². The molecule has 1 aromatic heterocycles. The first-order valence-electron chi connectivity index (χ1n) is 7.96. The number of pyridine rings is 1. The molecule has 1 heterocycles. The van der Waals surface area contributed by atoms with Gasteiger partial charge in [-0.3, -0.25) is 4.98 Å². The van der Waals surface area contributed by atoms with Gasteiger partial charge in [0.2, 0.25) is 0 Å². The van der Waals surface area contributed by atoms with Crippen molar-refractivity contribution >= 4 is 23.6 Å². The standard InChI is InChI=1S/C20H17N3O2S/c21-19(17-11-6-7-13-22-17)23-25-20(24)16-10-4-5-12-18(16)26-14-15-8-2-1-3-9-15/h1-13H,14H2,(H2,21,23). The maximum atomic E-state index is 12.4. The second-order valence-electron chi connectivity index (χ2n) is 5.34. The molecular formula is C20H17N3O2S. The topological polar surface area (TPSA) is 77.6 Å². The molecule has 0 aliphatic carbocycles. The third kappa shape index (κ3) is 4.70. The van der Waals surface area contributed by atoms with E-state index in [4.69, 9.17) is 10.6 Å². The lowest BCUT2D eigenvalue weighted by molar-refractivity contribution is 0.0512. The maximum Gasteiger partial charge on any atom is 0.366 e. The van der Waals surface area contributed by atoms with Crippen LogP contribution in [0.3, 0.4) is 0 Å². The molecule has 0 radical (unpaired) electrons. The van der Waals surface area contributed by atoms with Crippen molar-refractivity contribution in [2.24, 2.45) is 10.9 Å². The molecule has 0 saturated carbocycles. The zero-order valence-electron chi connectivity index (χ0n) is 13.9. The molecule has 3 rings (SSSR count). The van der Waals surface area contributed by atoms with E-state index < -0.39 is 5.97 Å². The Morgan fingerprint density at radius 2 is 1.73 bits per heavy atom. The Kier molecular flexibility index (Phi) is 6.01. The summed E-state index contributed by atoms with van der Waals surface area (Å²) in [5, 5.41) is 3.70. The normalized spacial score (nSPS) is 11.2. The van der Waals surface area contributed by atoms with Gasteiger partial charge in [0.15, 0.2) is 5.84 Å². The van der Waals surface area contributed by atoms with Crippen LogP contribution in [-0.2, 0) is 10.6 Å². The zero-order valence-corrected chi connectivity index (χ0v) is 14.7. The molecule has 2 aromatic carbocycles. The molecule has 0 atom stereocenters. The van der Waals surface area contributed by atoms with E-state index in [0.717, 1.165) is 10.6 Å². The summed E-state index contributed by atoms with van der Waals surface area (Å²) in [6.45, 7) is 0. The molecule has 0 aliphatic heterocycles. The van der Waals surface area contributed by atoms with Gasteiger partial charge < -0.3 is 10.6 Å². The van der Waals surface area contributed by atoms with E-state index in [1.54, 1.807) is 48.3 Å². The van der Waals surface area contributed by atoms with Crippen molar-refractivity contribution < 1.29 is 9.63 Å². The first-order valence-corrected chi connectivity index (χ1v) is 8.94. The Hall–Kier alpha value is -3.12. The first kappa shape index (κ1) is 17.7. The molecule has 26 heavy (non-hydrogen) atoms. The van der Waals surface area contributed by atoms with Gasteiger partial charge in [0.1, 0.15) is 5.69 Å². The van der Waals surface area contributed by atoms with E-state index in [2.05, 4.69) is 10.1 Å². The summed E-state index contributed by atoms with van der Waals surface area (Å²) in [6.07, 6.45) is 1.59. The third-order valence-electron chi connectivity index (χ3n) is 3.50. The maximum absolute atomic E-state index is 12.4. The van der Waals surface area contributed by atoms with E-state index in [1.807, 2.05) is 42.5 Å². The molecule has 6 heteroatoms. The van der Waals surface area contributed by atoms with Gasteiger partial charge in [0.05, 0.1) is 5.56 Å². The van der Waals surface area contributed by atoms with Crippen molar-refractivity contribution in [3.63, 3.8) is 0 Å². The third-order valence-corrected chi connectivity index (χ3v) is 4.64. The average molecular weight is 363 g/mol. The largest absolute Gasteiger partial charge is 0.379 e. The molecular weight excluding hydrogens is 346 g/mol. The fraction of sp³-hybridized carbons (Fsp3) is 0.0500. The highest BCUT2D eigenvalue weighted by atomic mass is 32.2. The Morgan fingerprint density at radius 3 is 2.50 bits per heavy atom. The van der Waals surface area contributed by atoms with E-state index in [0.29, 0.717) is 11.3 Å². The number of nitrogens with zero attached hydrogens (tertiary/aromatic N) is 2. The van der Waals surface area contributed by atoms with Gasteiger partial charge in [-0.05, 0) is 29.8 Å². The average Bonchev–Trinajstić information content (AvgIpc) is 2.72. The van der Waals surface area contributed by atoms with E-state index in [-0.39, 0.29) is 5.84 Å². The molecule has 130 valence electrons. The highest BCUT2D eigenvalue weighted by Gasteiger charge is 2.14. The minimum absolute atomic E-state index is 0.0494. The smallest absolute Gasteiger partial charge is 0.366 e. The second-order valence-corrected chi connectivity index (χ2v) is 6.36. The Labute approximate surface area is 155 Å². The number of thioether (sulfide) groups is 1. The fourth-order valence-corrected chi connectivity index (χ4v) is 3.19. The summed E-state index contributed by atoms with van der Waals surface area (Å²) in [5.41, 5.74) is 7.88. The quantitative estimate of drug-likeness (QED) is 0.237. The Balaban J connectivity index is 1.69. The minimum Gasteiger partial charge on any atom is -0.379 e. The lowest BCUT2D eigenvalue weighted by Gasteiger charge is -2.07. The van der Waals surface area contributed by atoms with Crippen molar-refractivity contribution in [3.05, 3.63) is 95.8 Å². The lowest BCUT2D eigenvalue weighted by atomic mass is 10.2. The minimum atomic E-state index is -0.556. The van der Waals surface area contributed by atoms with E-state index in [1.165, 1.54) is 5.56 Å². The van der Waals surface area contributed by atoms with Crippen LogP contribution in [0.1, 0.15) is 21.6 Å². The number of oxime groups is 1. The van der Waals surface area contributed by atoms with Crippen LogP contribution >= 0.6 is 11.8 Å². The van der Waals surface area contributed by atoms with Crippen molar-refractivity contribution in [2.45, 2.75) is 10.6 Å². The summed E-state index contributed by atoms with van der Waals surface area (Å²) in [7, 11) is 0. The summed E-state index contributed by atoms with van der Waals surface area (Å²) in [5.74, 6) is 0.248. The van der Waals surface area contributed by atoms with Crippen LogP contribution in [0, 0.1) is 0 Å². The number of benzene rings is 2. The number of rotatable bonds is 6. The van der Waals surface area contributed by atoms with Gasteiger partial charge in [-0.2, -0.15) is 0 Å². The monoisotopic (exact) mass is 363 g/mol. The fourth-order valence-electron chi connectivity index (χ4n) is 2.20. The molecule has 0 spiro atoms. The van der Waals surface area contributed by atoms with Crippen LogP contribution in [0.5, 0.6) is 0 Å². The zero-order chi connectivity index (χ0) is 18.2. The summed E-state index contributed by atoms with van der Waals surface area (Å²) in [4.78, 5) is 22.3. The molecule has 2 N–H and O–H groups in total. The van der Waals surface area contributed by atoms with E-state index >= 15 is 0 Å². The van der Waals surface area contributed by atoms with Crippen LogP contribution < -0.4 is 5.73 Å². The number of carbonyl (C=O) groups excluding carboxylic acids is 1. The molecule has 0 saturated heterocycles. The van der Waals surface area contributed by atoms with E-state index in [9.17, 15) is 4.79 Å². The lowest BCUT2D eigenvalue weighted by Crippen LogP contribution is -2.16. The number of amidine groups is 1. The van der Waals surface area contributed by atoms with Crippen molar-refractivity contribution in [1.82, 2.24) is 4.98 Å². The molecule has 0 fully saturated rings. The van der Waals surface area contributed by atoms with Crippen molar-refractivity contribution in [2.75, 3.05) is 0 Å². The Bertz CT molecular complexity index is 899. The number of aromatic nitrogens is 1. The highest BCUT2D eigenvalue weighted by molar-refractivity contribution is 7.98. The molecule has 3 aromatic rings. The van der Waals surface area contributed by atoms with Crippen LogP contribution in [0.25, 0.3) is 0 Å². The molecule has 5 nitrogen and oxygen atoms in total. The second kappa shape index (κ2) is 8.82. The number of hydrogen-bond acceptors (Lipinski definition) is 5. The summed E-state index contributed by atoms with van der Waals surface area (Å²) in [6, 6.07) is 22.6. The van der Waals surface area contributed by atoms with Gasteiger partial charge >= 0.3 is 5.97 Å². The van der Waals surface area contributed by atoms with Crippen LogP contribution in [0.4, 0.5) is 0 Å². The van der Waals surface area contributed by atoms with Crippen LogP contribution in [-0.4, -0.2) is 16.8 Å². The molecule has 0 unspecified atom stereocenters. The van der Waals surface area contributed by atoms with Crippen LogP contribution in [0.15, 0.2) is 89.0 Å². The van der Waals surface area contributed by atoms with Gasteiger partial charge in [-0.1, -0.05) is 53.7 Å². The van der Waals surface area contributed by atoms with Gasteiger partial charge in [-0.25, -0.2) is 4.79 Å². The molecule has 0 amide bonds. The Morgan fingerprint density at radius 1 is 1.00 bits per heavy atom. The van der Waals surface area contributed by atoms with Gasteiger partial charge in [0, 0.05) is 16.8 Å². The first-order chi connectivity index (χ1) is 12.7. The number of hydrogen-bond donors (Lipinski definition) is 1. The number of carbonyl (C=O) groups is 1. The predicted molar refractivity (Wildman–Crippen MR) is 103 cm³/mol. The van der Waals surface area contributed by atoms with Crippen LogP contribution in [0.2, 0.25) is 0 Å². The van der Waals surface area contributed by atoms with Crippen molar-refractivity contribution in [1.29, 1.82) is 0 Å². The predicted octanol–water partition coefficient (Wildman–Crippen LogP) is 3.85. The van der Waals surface area contributed by atoms with Crippen molar-refractivity contribution in [3.8, 4) is 0 Å². The van der Waals surface area contributed by atoms with Gasteiger partial charge in [0.25, 0.3) is 0 Å².